The van der Waals surface area contributed by atoms with Gasteiger partial charge in [-0.05, 0) is 58.7 Å². The number of ether oxygens (including phenoxy) is 3. The Morgan fingerprint density at radius 1 is 1.11 bits per heavy atom. The van der Waals surface area contributed by atoms with E-state index < -0.39 is 71.5 Å². The molecule has 36 heavy (non-hydrogen) atoms. The molecular weight excluding hydrogens is 569 g/mol. The van der Waals surface area contributed by atoms with Crippen molar-refractivity contribution in [3.63, 3.8) is 0 Å². The molecule has 0 atom stereocenters. The van der Waals surface area contributed by atoms with Gasteiger partial charge in [0.1, 0.15) is 21.7 Å². The van der Waals surface area contributed by atoms with Gasteiger partial charge in [0.25, 0.3) is 12.3 Å². The van der Waals surface area contributed by atoms with Gasteiger partial charge >= 0.3 is 6.36 Å². The molecule has 6 nitrogen and oxygen atoms in total. The Morgan fingerprint density at radius 2 is 1.78 bits per heavy atom. The molecule has 0 fully saturated rings. The van der Waals surface area contributed by atoms with E-state index in [1.54, 1.807) is 0 Å². The van der Waals surface area contributed by atoms with Gasteiger partial charge < -0.3 is 19.5 Å². The fourth-order valence-corrected chi connectivity index (χ4v) is 3.21. The lowest BCUT2D eigenvalue weighted by Gasteiger charge is -2.18. The summed E-state index contributed by atoms with van der Waals surface area (Å²) in [5, 5.41) is 2.29. The third kappa shape index (κ3) is 5.98. The number of carbonyl (C=O) groups excluding carboxylic acids is 1. The largest absolute Gasteiger partial charge is 0.573 e. The highest BCUT2D eigenvalue weighted by atomic mass is 79.9. The number of aryl methyl sites for hydroxylation is 1. The van der Waals surface area contributed by atoms with E-state index in [4.69, 9.17) is 8.85 Å². The zero-order valence-electron chi connectivity index (χ0n) is 20.6. The van der Waals surface area contributed by atoms with Gasteiger partial charge in [0.2, 0.25) is 11.6 Å². The van der Waals surface area contributed by atoms with Crippen molar-refractivity contribution in [3.8, 4) is 23.0 Å². The van der Waals surface area contributed by atoms with E-state index in [0.717, 1.165) is 0 Å². The van der Waals surface area contributed by atoms with Gasteiger partial charge in [-0.15, -0.1) is 13.2 Å². The first-order valence-corrected chi connectivity index (χ1v) is 10.3. The average Bonchev–Trinajstić information content (AvgIpc) is 2.78. The van der Waals surface area contributed by atoms with Crippen LogP contribution in [0, 0.1) is 18.6 Å². The van der Waals surface area contributed by atoms with Crippen LogP contribution in [-0.2, 0) is 0 Å². The van der Waals surface area contributed by atoms with Gasteiger partial charge in [-0.1, -0.05) is 0 Å². The highest BCUT2D eigenvalue weighted by Crippen LogP contribution is 2.42. The molecule has 192 valence electrons. The molecule has 3 rings (SSSR count). The van der Waals surface area contributed by atoms with E-state index in [0.29, 0.717) is 29.8 Å². The number of pyridine rings is 1. The summed E-state index contributed by atoms with van der Waals surface area (Å²) in [4.78, 5) is 16.9. The SMILES string of the molecule is [2H]C([2H])([2H])Oc1c(Oc2ccc(C(F)F)c(F)c2C(=O)Nc2cc(Br)ncc2C)ccc(OC(F)(F)F)c1F. The van der Waals surface area contributed by atoms with Crippen LogP contribution in [0.4, 0.5) is 36.4 Å². The Bertz CT molecular complexity index is 1410. The van der Waals surface area contributed by atoms with Crippen LogP contribution in [0.5, 0.6) is 23.0 Å². The van der Waals surface area contributed by atoms with Gasteiger partial charge in [0.05, 0.1) is 16.7 Å². The number of halogens is 8. The molecule has 0 spiro atoms. The maximum Gasteiger partial charge on any atom is 0.573 e. The number of hydrogen-bond donors (Lipinski definition) is 1. The van der Waals surface area contributed by atoms with Crippen LogP contribution in [-0.4, -0.2) is 24.3 Å². The first-order valence-electron chi connectivity index (χ1n) is 11.0. The molecule has 0 saturated carbocycles. The topological polar surface area (TPSA) is 69.7 Å². The van der Waals surface area contributed by atoms with Gasteiger partial charge in [-0.3, -0.25) is 4.79 Å². The van der Waals surface area contributed by atoms with E-state index in [1.165, 1.54) is 19.2 Å². The summed E-state index contributed by atoms with van der Waals surface area (Å²) in [6, 6.07) is 3.54. The van der Waals surface area contributed by atoms with E-state index >= 15 is 4.39 Å². The van der Waals surface area contributed by atoms with Gasteiger partial charge in [-0.2, -0.15) is 4.39 Å². The molecule has 0 bridgehead atoms. The van der Waals surface area contributed by atoms with Crippen LogP contribution in [0.25, 0.3) is 0 Å². The molecule has 0 radical (unpaired) electrons. The third-order valence-electron chi connectivity index (χ3n) is 4.49. The predicted molar refractivity (Wildman–Crippen MR) is 116 cm³/mol. The van der Waals surface area contributed by atoms with Crippen molar-refractivity contribution in [1.82, 2.24) is 4.98 Å². The summed E-state index contributed by atoms with van der Waals surface area (Å²) in [5.41, 5.74) is -1.86. The number of methoxy groups -OCH3 is 1. The van der Waals surface area contributed by atoms with Crippen molar-refractivity contribution in [1.29, 1.82) is 0 Å². The van der Waals surface area contributed by atoms with Crippen LogP contribution >= 0.6 is 15.9 Å². The lowest BCUT2D eigenvalue weighted by atomic mass is 10.1. The first kappa shape index (κ1) is 22.9. The van der Waals surface area contributed by atoms with Crippen molar-refractivity contribution in [2.24, 2.45) is 0 Å². The Morgan fingerprint density at radius 3 is 2.42 bits per heavy atom. The number of hydrogen-bond acceptors (Lipinski definition) is 5. The standard InChI is InChI=1S/C22H14BrF7N2O4/c1-9-8-31-15(23)7-11(9)32-21(33)16-12(4-3-10(17(16)24)20(26)27)35-14-6-5-13(36-22(28,29)30)18(25)19(14)34-2/h3-8,20H,1-2H3,(H,31,32,33)/i2D3. The van der Waals surface area contributed by atoms with E-state index in [1.807, 2.05) is 0 Å². The van der Waals surface area contributed by atoms with Crippen molar-refractivity contribution < 1.29 is 53.9 Å². The number of aromatic nitrogens is 1. The molecule has 2 aromatic carbocycles. The minimum absolute atomic E-state index is 0.0841. The maximum absolute atomic E-state index is 15.1. The van der Waals surface area contributed by atoms with E-state index in [9.17, 15) is 31.1 Å². The van der Waals surface area contributed by atoms with Crippen molar-refractivity contribution in [2.75, 3.05) is 12.4 Å². The number of carbonyl (C=O) groups is 1. The minimum Gasteiger partial charge on any atom is -0.490 e. The summed E-state index contributed by atoms with van der Waals surface area (Å²) < 4.78 is 130. The highest BCUT2D eigenvalue weighted by Gasteiger charge is 2.34. The smallest absolute Gasteiger partial charge is 0.490 e. The lowest BCUT2D eigenvalue weighted by Crippen LogP contribution is -2.18. The van der Waals surface area contributed by atoms with Crippen LogP contribution in [0.3, 0.4) is 0 Å². The Labute approximate surface area is 211 Å². The Hall–Kier alpha value is -3.55. The average molecular weight is 586 g/mol. The fraction of sp³-hybridized carbons (Fsp3) is 0.182. The zero-order chi connectivity index (χ0) is 29.3. The quantitative estimate of drug-likeness (QED) is 0.232. The number of nitrogens with one attached hydrogen (secondary N) is 1. The van der Waals surface area contributed by atoms with Crippen LogP contribution in [0.1, 0.15) is 32.0 Å². The van der Waals surface area contributed by atoms with Gasteiger partial charge in [-0.25, -0.2) is 18.2 Å². The second-order valence-electron chi connectivity index (χ2n) is 6.88. The minimum atomic E-state index is -5.37. The van der Waals surface area contributed by atoms with Crippen LogP contribution in [0.15, 0.2) is 41.1 Å². The van der Waals surface area contributed by atoms with Crippen LogP contribution < -0.4 is 19.5 Å². The molecule has 0 aliphatic heterocycles. The normalized spacial score (nSPS) is 13.0. The Kier molecular flexibility index (Phi) is 6.74. The molecule has 0 unspecified atom stereocenters. The predicted octanol–water partition coefficient (Wildman–Crippen LogP) is 7.32. The van der Waals surface area contributed by atoms with Crippen LogP contribution in [0.2, 0.25) is 0 Å². The van der Waals surface area contributed by atoms with E-state index in [2.05, 4.69) is 35.7 Å². The molecule has 0 saturated heterocycles. The monoisotopic (exact) mass is 585 g/mol. The third-order valence-corrected chi connectivity index (χ3v) is 4.92. The summed E-state index contributed by atoms with van der Waals surface area (Å²) in [7, 11) is -3.42. The molecule has 0 aliphatic carbocycles. The van der Waals surface area contributed by atoms with Crippen molar-refractivity contribution in [3.05, 3.63) is 69.5 Å². The summed E-state index contributed by atoms with van der Waals surface area (Å²) in [5.74, 6) is -9.71. The molecule has 1 aromatic heterocycles. The van der Waals surface area contributed by atoms with E-state index in [-0.39, 0.29) is 10.3 Å². The second-order valence-corrected chi connectivity index (χ2v) is 7.69. The number of amides is 1. The van der Waals surface area contributed by atoms with Crippen molar-refractivity contribution >= 4 is 27.5 Å². The Balaban J connectivity index is 2.14. The highest BCUT2D eigenvalue weighted by molar-refractivity contribution is 9.10. The number of anilines is 1. The molecule has 1 heterocycles. The van der Waals surface area contributed by atoms with Gasteiger partial charge in [0.15, 0.2) is 11.5 Å². The number of rotatable bonds is 7. The molecule has 3 aromatic rings. The first-order chi connectivity index (χ1) is 18.0. The molecule has 1 N–H and O–H groups in total. The van der Waals surface area contributed by atoms with Crippen molar-refractivity contribution in [2.45, 2.75) is 19.7 Å². The molecule has 0 aliphatic rings. The lowest BCUT2D eigenvalue weighted by molar-refractivity contribution is -0.275. The number of benzene rings is 2. The maximum atomic E-state index is 15.1. The zero-order valence-corrected chi connectivity index (χ0v) is 19.2. The fourth-order valence-electron chi connectivity index (χ4n) is 2.88. The second kappa shape index (κ2) is 10.6. The molecule has 14 heteroatoms. The number of nitrogens with zero attached hydrogens (tertiary/aromatic N) is 1. The summed E-state index contributed by atoms with van der Waals surface area (Å²) in [6.45, 7) is 1.52. The number of alkyl halides is 5. The summed E-state index contributed by atoms with van der Waals surface area (Å²) in [6.07, 6.45) is -7.43. The summed E-state index contributed by atoms with van der Waals surface area (Å²) >= 11 is 3.07. The molecular formula is C22H14BrF7N2O4. The molecule has 1 amide bonds. The van der Waals surface area contributed by atoms with Gasteiger partial charge in [0, 0.05) is 11.9 Å².